The molecule has 1 atom stereocenters. The van der Waals surface area contributed by atoms with E-state index >= 15 is 0 Å². The molecule has 0 aliphatic carbocycles. The molecule has 5 nitrogen and oxygen atoms in total. The van der Waals surface area contributed by atoms with Gasteiger partial charge in [0, 0.05) is 18.0 Å². The van der Waals surface area contributed by atoms with Crippen molar-refractivity contribution in [2.24, 2.45) is 0 Å². The molecule has 0 fully saturated rings. The predicted molar refractivity (Wildman–Crippen MR) is 97.0 cm³/mol. The van der Waals surface area contributed by atoms with Crippen LogP contribution in [0.25, 0.3) is 0 Å². The van der Waals surface area contributed by atoms with Crippen LogP contribution in [0.2, 0.25) is 0 Å². The highest BCUT2D eigenvalue weighted by Crippen LogP contribution is 2.42. The summed E-state index contributed by atoms with van der Waals surface area (Å²) in [5.41, 5.74) is 3.96. The summed E-state index contributed by atoms with van der Waals surface area (Å²) >= 11 is 0. The largest absolute Gasteiger partial charge is 0.497 e. The molecule has 5 heteroatoms. The smallest absolute Gasteiger partial charge is 0.336 e. The fraction of sp³-hybridized carbons (Fsp3) is 0.238. The Morgan fingerprint density at radius 1 is 1.12 bits per heavy atom. The van der Waals surface area contributed by atoms with Gasteiger partial charge in [-0.1, -0.05) is 29.8 Å². The summed E-state index contributed by atoms with van der Waals surface area (Å²) < 4.78 is 10.6. The van der Waals surface area contributed by atoms with Crippen molar-refractivity contribution in [3.63, 3.8) is 0 Å². The molecule has 2 aromatic carbocycles. The second-order valence-corrected chi connectivity index (χ2v) is 6.53. The monoisotopic (exact) mass is 349 g/mol. The molecule has 132 valence electrons. The third-order valence-electron chi connectivity index (χ3n) is 4.91. The maximum absolute atomic E-state index is 13.0. The van der Waals surface area contributed by atoms with Crippen molar-refractivity contribution in [2.75, 3.05) is 18.6 Å². The van der Waals surface area contributed by atoms with Crippen LogP contribution in [0, 0.1) is 6.92 Å². The second kappa shape index (κ2) is 6.33. The number of esters is 1. The van der Waals surface area contributed by atoms with E-state index in [1.54, 1.807) is 12.0 Å². The van der Waals surface area contributed by atoms with Crippen molar-refractivity contribution in [1.82, 2.24) is 0 Å². The van der Waals surface area contributed by atoms with Gasteiger partial charge in [-0.15, -0.1) is 0 Å². The summed E-state index contributed by atoms with van der Waals surface area (Å²) in [5, 5.41) is 0. The molecule has 2 aliphatic heterocycles. The lowest BCUT2D eigenvalue weighted by atomic mass is 9.84. The highest BCUT2D eigenvalue weighted by Gasteiger charge is 2.42. The molecule has 2 aliphatic rings. The Bertz CT molecular complexity index is 914. The maximum Gasteiger partial charge on any atom is 0.336 e. The van der Waals surface area contributed by atoms with Gasteiger partial charge in [-0.2, -0.15) is 0 Å². The van der Waals surface area contributed by atoms with Gasteiger partial charge in [-0.3, -0.25) is 9.69 Å². The van der Waals surface area contributed by atoms with Gasteiger partial charge >= 0.3 is 5.97 Å². The molecule has 0 aromatic heterocycles. The van der Waals surface area contributed by atoms with E-state index in [9.17, 15) is 9.59 Å². The standard InChI is InChI=1S/C21H19NO4/c1-13-6-8-15(9-7-13)22-18-12-26-21(24)20(18)17(11-19(22)23)14-4-3-5-16(10-14)25-2/h3-10,17H,11-12H2,1-2H3/t17-/m1/s1. The van der Waals surface area contributed by atoms with Crippen molar-refractivity contribution in [3.05, 3.63) is 70.9 Å². The van der Waals surface area contributed by atoms with Crippen LogP contribution in [0.1, 0.15) is 23.5 Å². The molecule has 26 heavy (non-hydrogen) atoms. The number of cyclic esters (lactones) is 1. The molecule has 0 bridgehead atoms. The number of methoxy groups -OCH3 is 1. The number of anilines is 1. The van der Waals surface area contributed by atoms with Gasteiger partial charge in [0.2, 0.25) is 5.91 Å². The van der Waals surface area contributed by atoms with Crippen LogP contribution in [0.5, 0.6) is 5.75 Å². The fourth-order valence-corrected chi connectivity index (χ4v) is 3.59. The molecule has 0 spiro atoms. The number of carbonyl (C=O) groups is 2. The van der Waals surface area contributed by atoms with E-state index in [1.807, 2.05) is 55.5 Å². The van der Waals surface area contributed by atoms with E-state index in [0.29, 0.717) is 17.0 Å². The van der Waals surface area contributed by atoms with Gasteiger partial charge in [0.1, 0.15) is 12.4 Å². The van der Waals surface area contributed by atoms with E-state index in [4.69, 9.17) is 9.47 Å². The van der Waals surface area contributed by atoms with Crippen LogP contribution in [0.3, 0.4) is 0 Å². The zero-order chi connectivity index (χ0) is 18.3. The second-order valence-electron chi connectivity index (χ2n) is 6.53. The molecule has 0 N–H and O–H groups in total. The zero-order valence-electron chi connectivity index (χ0n) is 14.7. The zero-order valence-corrected chi connectivity index (χ0v) is 14.7. The number of amides is 1. The molecule has 0 unspecified atom stereocenters. The average Bonchev–Trinajstić information content (AvgIpc) is 3.04. The van der Waals surface area contributed by atoms with E-state index in [1.165, 1.54) is 0 Å². The normalized spacial score (nSPS) is 19.5. The summed E-state index contributed by atoms with van der Waals surface area (Å²) in [5.74, 6) is -0.00937. The van der Waals surface area contributed by atoms with Crippen LogP contribution >= 0.6 is 0 Å². The van der Waals surface area contributed by atoms with E-state index in [2.05, 4.69) is 0 Å². The fourth-order valence-electron chi connectivity index (χ4n) is 3.59. The molecule has 1 amide bonds. The van der Waals surface area contributed by atoms with E-state index in [-0.39, 0.29) is 30.8 Å². The van der Waals surface area contributed by atoms with Crippen LogP contribution in [0.15, 0.2) is 59.8 Å². The first-order chi connectivity index (χ1) is 12.6. The SMILES string of the molecule is COc1cccc([C@H]2CC(=O)N(c3ccc(C)cc3)C3=C2C(=O)OC3)c1. The van der Waals surface area contributed by atoms with Crippen molar-refractivity contribution < 1.29 is 19.1 Å². The minimum absolute atomic E-state index is 0.0428. The Kier molecular flexibility index (Phi) is 3.99. The Balaban J connectivity index is 1.81. The number of rotatable bonds is 3. The van der Waals surface area contributed by atoms with Gasteiger partial charge in [0.25, 0.3) is 0 Å². The van der Waals surface area contributed by atoms with Crippen LogP contribution in [-0.2, 0) is 14.3 Å². The summed E-state index contributed by atoms with van der Waals surface area (Å²) in [6.45, 7) is 2.11. The van der Waals surface area contributed by atoms with Crippen LogP contribution in [-0.4, -0.2) is 25.6 Å². The first-order valence-corrected chi connectivity index (χ1v) is 8.52. The topological polar surface area (TPSA) is 55.8 Å². The minimum atomic E-state index is -0.350. The van der Waals surface area contributed by atoms with Gasteiger partial charge < -0.3 is 9.47 Å². The van der Waals surface area contributed by atoms with Crippen molar-refractivity contribution in [2.45, 2.75) is 19.3 Å². The van der Waals surface area contributed by atoms with Crippen molar-refractivity contribution >= 4 is 17.6 Å². The molecule has 2 heterocycles. The Hall–Kier alpha value is -3.08. The molecule has 0 saturated heterocycles. The van der Waals surface area contributed by atoms with Crippen molar-refractivity contribution in [3.8, 4) is 5.75 Å². The van der Waals surface area contributed by atoms with Gasteiger partial charge in [-0.05, 0) is 36.8 Å². The summed E-state index contributed by atoms with van der Waals surface area (Å²) in [6, 6.07) is 15.2. The Labute approximate surface area is 151 Å². The predicted octanol–water partition coefficient (Wildman–Crippen LogP) is 3.34. The van der Waals surface area contributed by atoms with E-state index in [0.717, 1.165) is 16.8 Å². The number of hydrogen-bond acceptors (Lipinski definition) is 4. The highest BCUT2D eigenvalue weighted by atomic mass is 16.5. The van der Waals surface area contributed by atoms with Crippen molar-refractivity contribution in [1.29, 1.82) is 0 Å². The number of carbonyl (C=O) groups excluding carboxylic acids is 2. The van der Waals surface area contributed by atoms with Crippen LogP contribution < -0.4 is 9.64 Å². The third kappa shape index (κ3) is 2.65. The lowest BCUT2D eigenvalue weighted by Gasteiger charge is -2.32. The molecular weight excluding hydrogens is 330 g/mol. The quantitative estimate of drug-likeness (QED) is 0.798. The molecule has 2 aromatic rings. The first kappa shape index (κ1) is 16.4. The minimum Gasteiger partial charge on any atom is -0.497 e. The van der Waals surface area contributed by atoms with Gasteiger partial charge in [-0.25, -0.2) is 4.79 Å². The Morgan fingerprint density at radius 2 is 1.88 bits per heavy atom. The van der Waals surface area contributed by atoms with Gasteiger partial charge in [0.15, 0.2) is 0 Å². The lowest BCUT2D eigenvalue weighted by Crippen LogP contribution is -2.37. The first-order valence-electron chi connectivity index (χ1n) is 8.52. The Morgan fingerprint density at radius 3 is 2.62 bits per heavy atom. The summed E-state index contributed by atoms with van der Waals surface area (Å²) in [7, 11) is 1.60. The molecular formula is C21H19NO4. The van der Waals surface area contributed by atoms with E-state index < -0.39 is 0 Å². The number of benzene rings is 2. The molecule has 4 rings (SSSR count). The number of ether oxygens (including phenoxy) is 2. The summed E-state index contributed by atoms with van der Waals surface area (Å²) in [4.78, 5) is 27.0. The summed E-state index contributed by atoms with van der Waals surface area (Å²) in [6.07, 6.45) is 0.217. The lowest BCUT2D eigenvalue weighted by molar-refractivity contribution is -0.136. The number of nitrogens with zero attached hydrogens (tertiary/aromatic N) is 1. The number of hydrogen-bond donors (Lipinski definition) is 0. The third-order valence-corrected chi connectivity index (χ3v) is 4.91. The highest BCUT2D eigenvalue weighted by molar-refractivity contribution is 6.06. The maximum atomic E-state index is 13.0. The average molecular weight is 349 g/mol. The molecule has 0 saturated carbocycles. The van der Waals surface area contributed by atoms with Gasteiger partial charge in [0.05, 0.1) is 18.4 Å². The molecule has 0 radical (unpaired) electrons. The van der Waals surface area contributed by atoms with Crippen LogP contribution in [0.4, 0.5) is 5.69 Å². The number of aryl methyl sites for hydroxylation is 1.